The molecule has 1 fully saturated rings. The van der Waals surface area contributed by atoms with Gasteiger partial charge in [0.1, 0.15) is 0 Å². The molecule has 0 saturated heterocycles. The highest BCUT2D eigenvalue weighted by atomic mass is 32.2. The van der Waals surface area contributed by atoms with Gasteiger partial charge < -0.3 is 10.6 Å². The van der Waals surface area contributed by atoms with Crippen molar-refractivity contribution in [2.45, 2.75) is 56.0 Å². The summed E-state index contributed by atoms with van der Waals surface area (Å²) < 4.78 is 24.9. The van der Waals surface area contributed by atoms with Crippen LogP contribution >= 0.6 is 0 Å². The third-order valence-corrected chi connectivity index (χ3v) is 6.30. The topological polar surface area (TPSA) is 63.4 Å². The second-order valence-corrected chi connectivity index (χ2v) is 8.04. The molecule has 0 aromatic heterocycles. The molecule has 0 heterocycles. The Morgan fingerprint density at radius 2 is 1.81 bits per heavy atom. The van der Waals surface area contributed by atoms with Crippen LogP contribution in [0.4, 0.5) is 5.69 Å². The maximum absolute atomic E-state index is 12.4. The lowest BCUT2D eigenvalue weighted by atomic mass is 9.91. The first kappa shape index (κ1) is 16.3. The van der Waals surface area contributed by atoms with Crippen LogP contribution in [0.25, 0.3) is 0 Å². The first-order valence-corrected chi connectivity index (χ1v) is 9.41. The molecule has 0 bridgehead atoms. The SMILES string of the molecule is CCCS(=O)(=O)c1ccccc1N(C)C1CCC(N)CC1. The van der Waals surface area contributed by atoms with Gasteiger partial charge in [0.25, 0.3) is 0 Å². The zero-order chi connectivity index (χ0) is 15.5. The third kappa shape index (κ3) is 3.77. The number of nitrogens with zero attached hydrogens (tertiary/aromatic N) is 1. The highest BCUT2D eigenvalue weighted by molar-refractivity contribution is 7.91. The Balaban J connectivity index is 2.27. The molecule has 1 aliphatic rings. The Morgan fingerprint density at radius 3 is 2.43 bits per heavy atom. The Hall–Kier alpha value is -1.07. The number of sulfone groups is 1. The molecule has 0 radical (unpaired) electrons. The van der Waals surface area contributed by atoms with Crippen LogP contribution in [-0.2, 0) is 9.84 Å². The second kappa shape index (κ2) is 6.79. The zero-order valence-electron chi connectivity index (χ0n) is 13.0. The number of rotatable bonds is 5. The van der Waals surface area contributed by atoms with E-state index in [2.05, 4.69) is 4.90 Å². The minimum absolute atomic E-state index is 0.202. The van der Waals surface area contributed by atoms with Crippen LogP contribution < -0.4 is 10.6 Å². The average molecular weight is 310 g/mol. The van der Waals surface area contributed by atoms with Gasteiger partial charge in [0, 0.05) is 19.1 Å². The van der Waals surface area contributed by atoms with E-state index in [9.17, 15) is 8.42 Å². The minimum Gasteiger partial charge on any atom is -0.371 e. The molecule has 4 nitrogen and oxygen atoms in total. The molecule has 0 aliphatic heterocycles. The summed E-state index contributed by atoms with van der Waals surface area (Å²) in [6.07, 6.45) is 4.72. The Labute approximate surface area is 128 Å². The van der Waals surface area contributed by atoms with Gasteiger partial charge >= 0.3 is 0 Å². The third-order valence-electron chi connectivity index (χ3n) is 4.34. The highest BCUT2D eigenvalue weighted by Crippen LogP contribution is 2.31. The molecule has 0 amide bonds. The van der Waals surface area contributed by atoms with Crippen molar-refractivity contribution in [3.8, 4) is 0 Å². The van der Waals surface area contributed by atoms with E-state index in [1.54, 1.807) is 12.1 Å². The largest absolute Gasteiger partial charge is 0.371 e. The van der Waals surface area contributed by atoms with Crippen molar-refractivity contribution in [3.05, 3.63) is 24.3 Å². The van der Waals surface area contributed by atoms with Gasteiger partial charge in [0.05, 0.1) is 16.3 Å². The van der Waals surface area contributed by atoms with Crippen LogP contribution in [0.1, 0.15) is 39.0 Å². The molecule has 0 spiro atoms. The average Bonchev–Trinajstić information content (AvgIpc) is 2.47. The molecular weight excluding hydrogens is 284 g/mol. The van der Waals surface area contributed by atoms with Crippen molar-refractivity contribution < 1.29 is 8.42 Å². The lowest BCUT2D eigenvalue weighted by Gasteiger charge is -2.35. The van der Waals surface area contributed by atoms with E-state index in [1.807, 2.05) is 26.1 Å². The van der Waals surface area contributed by atoms with E-state index in [0.717, 1.165) is 31.4 Å². The Bertz CT molecular complexity index is 563. The summed E-state index contributed by atoms with van der Waals surface area (Å²) in [7, 11) is -1.20. The van der Waals surface area contributed by atoms with E-state index in [1.165, 1.54) is 0 Å². The molecular formula is C16H26N2O2S. The van der Waals surface area contributed by atoms with Crippen molar-refractivity contribution in [2.24, 2.45) is 5.73 Å². The smallest absolute Gasteiger partial charge is 0.180 e. The quantitative estimate of drug-likeness (QED) is 0.908. The van der Waals surface area contributed by atoms with E-state index >= 15 is 0 Å². The molecule has 2 rings (SSSR count). The lowest BCUT2D eigenvalue weighted by Crippen LogP contribution is -2.39. The minimum atomic E-state index is -3.20. The number of para-hydroxylation sites is 1. The maximum Gasteiger partial charge on any atom is 0.180 e. The lowest BCUT2D eigenvalue weighted by molar-refractivity contribution is 0.384. The highest BCUT2D eigenvalue weighted by Gasteiger charge is 2.26. The first-order valence-electron chi connectivity index (χ1n) is 7.76. The fourth-order valence-electron chi connectivity index (χ4n) is 3.08. The van der Waals surface area contributed by atoms with Gasteiger partial charge in [0.15, 0.2) is 9.84 Å². The van der Waals surface area contributed by atoms with Gasteiger partial charge in [-0.25, -0.2) is 8.42 Å². The number of benzene rings is 1. The normalized spacial score (nSPS) is 23.0. The summed E-state index contributed by atoms with van der Waals surface area (Å²) in [6.45, 7) is 1.90. The monoisotopic (exact) mass is 310 g/mol. The van der Waals surface area contributed by atoms with Gasteiger partial charge in [-0.15, -0.1) is 0 Å². The Morgan fingerprint density at radius 1 is 1.19 bits per heavy atom. The molecule has 1 aliphatic carbocycles. The van der Waals surface area contributed by atoms with E-state index in [4.69, 9.17) is 5.73 Å². The van der Waals surface area contributed by atoms with Crippen molar-refractivity contribution in [1.82, 2.24) is 0 Å². The first-order chi connectivity index (χ1) is 9.95. The van der Waals surface area contributed by atoms with Gasteiger partial charge in [-0.05, 0) is 44.2 Å². The van der Waals surface area contributed by atoms with E-state index in [-0.39, 0.29) is 5.75 Å². The van der Waals surface area contributed by atoms with Crippen LogP contribution in [0.15, 0.2) is 29.2 Å². The fourth-order valence-corrected chi connectivity index (χ4v) is 4.65. The van der Waals surface area contributed by atoms with E-state index in [0.29, 0.717) is 23.4 Å². The summed E-state index contributed by atoms with van der Waals surface area (Å²) in [6, 6.07) is 8.03. The second-order valence-electron chi connectivity index (χ2n) is 5.97. The van der Waals surface area contributed by atoms with Gasteiger partial charge in [0.2, 0.25) is 0 Å². The van der Waals surface area contributed by atoms with Crippen LogP contribution in [0.5, 0.6) is 0 Å². The van der Waals surface area contributed by atoms with Gasteiger partial charge in [-0.3, -0.25) is 0 Å². The molecule has 1 aromatic carbocycles. The van der Waals surface area contributed by atoms with Crippen molar-refractivity contribution in [3.63, 3.8) is 0 Å². The Kier molecular flexibility index (Phi) is 5.27. The molecule has 2 N–H and O–H groups in total. The molecule has 0 unspecified atom stereocenters. The number of hydrogen-bond acceptors (Lipinski definition) is 4. The van der Waals surface area contributed by atoms with Crippen LogP contribution in [0.2, 0.25) is 0 Å². The van der Waals surface area contributed by atoms with Crippen molar-refractivity contribution >= 4 is 15.5 Å². The molecule has 1 aromatic rings. The molecule has 1 saturated carbocycles. The van der Waals surface area contributed by atoms with Crippen LogP contribution in [0.3, 0.4) is 0 Å². The fraction of sp³-hybridized carbons (Fsp3) is 0.625. The number of hydrogen-bond donors (Lipinski definition) is 1. The van der Waals surface area contributed by atoms with E-state index < -0.39 is 9.84 Å². The van der Waals surface area contributed by atoms with Gasteiger partial charge in [-0.1, -0.05) is 19.1 Å². The van der Waals surface area contributed by atoms with Crippen molar-refractivity contribution in [2.75, 3.05) is 17.7 Å². The predicted octanol–water partition coefficient (Wildman–Crippen LogP) is 2.58. The molecule has 0 atom stereocenters. The summed E-state index contributed by atoms with van der Waals surface area (Å²) in [4.78, 5) is 2.60. The number of anilines is 1. The molecule has 118 valence electrons. The summed E-state index contributed by atoms with van der Waals surface area (Å²) >= 11 is 0. The number of nitrogens with two attached hydrogens (primary N) is 1. The van der Waals surface area contributed by atoms with Crippen molar-refractivity contribution in [1.29, 1.82) is 0 Å². The predicted molar refractivity (Wildman–Crippen MR) is 87.4 cm³/mol. The summed E-state index contributed by atoms with van der Waals surface area (Å²) in [5.74, 6) is 0.202. The molecule has 21 heavy (non-hydrogen) atoms. The van der Waals surface area contributed by atoms with Gasteiger partial charge in [-0.2, -0.15) is 0 Å². The van der Waals surface area contributed by atoms with Crippen LogP contribution in [0, 0.1) is 0 Å². The zero-order valence-corrected chi connectivity index (χ0v) is 13.8. The summed E-state index contributed by atoms with van der Waals surface area (Å²) in [5.41, 5.74) is 6.79. The molecule has 5 heteroatoms. The maximum atomic E-state index is 12.4. The van der Waals surface area contributed by atoms with Crippen LogP contribution in [-0.4, -0.2) is 33.3 Å². The standard InChI is InChI=1S/C16H26N2O2S/c1-3-12-21(19,20)16-7-5-4-6-15(16)18(2)14-10-8-13(17)9-11-14/h4-7,13-14H,3,8-12,17H2,1-2H3. The summed E-state index contributed by atoms with van der Waals surface area (Å²) in [5, 5.41) is 0.